The Morgan fingerprint density at radius 3 is 2.39 bits per heavy atom. The van der Waals surface area contributed by atoms with Gasteiger partial charge in [-0.3, -0.25) is 4.79 Å². The third kappa shape index (κ3) is 7.12. The fourth-order valence-corrected chi connectivity index (χ4v) is 4.62. The second-order valence-electron chi connectivity index (χ2n) is 9.90. The first-order valence-electron chi connectivity index (χ1n) is 11.7. The average molecular weight is 532 g/mol. The van der Waals surface area contributed by atoms with E-state index in [0.29, 0.717) is 15.6 Å². The van der Waals surface area contributed by atoms with E-state index in [2.05, 4.69) is 0 Å². The smallest absolute Gasteiger partial charge is 0.410 e. The van der Waals surface area contributed by atoms with E-state index in [1.54, 1.807) is 57.2 Å². The average Bonchev–Trinajstić information content (AvgIpc) is 2.81. The Morgan fingerprint density at radius 1 is 1.11 bits per heavy atom. The van der Waals surface area contributed by atoms with Crippen molar-refractivity contribution in [2.75, 3.05) is 13.1 Å². The molecule has 1 unspecified atom stereocenters. The van der Waals surface area contributed by atoms with E-state index in [1.807, 2.05) is 30.3 Å². The van der Waals surface area contributed by atoms with Gasteiger partial charge in [0.05, 0.1) is 18.1 Å². The van der Waals surface area contributed by atoms with Crippen molar-refractivity contribution in [2.24, 2.45) is 5.41 Å². The second-order valence-corrected chi connectivity index (χ2v) is 10.8. The number of rotatable bonds is 8. The molecule has 6 nitrogen and oxygen atoms in total. The predicted octanol–water partition coefficient (Wildman–Crippen LogP) is 6.68. The number of halogens is 2. The number of carboxylic acid groups (broad SMARTS) is 1. The maximum atomic E-state index is 13.0. The quantitative estimate of drug-likeness (QED) is 0.396. The van der Waals surface area contributed by atoms with Crippen molar-refractivity contribution >= 4 is 40.8 Å². The molecule has 3 rings (SSSR count). The van der Waals surface area contributed by atoms with Gasteiger partial charge in [0.1, 0.15) is 5.60 Å². The molecule has 1 amide bonds. The Morgan fingerprint density at radius 2 is 1.81 bits per heavy atom. The van der Waals surface area contributed by atoms with Crippen LogP contribution in [0.25, 0.3) is 5.57 Å². The molecule has 2 aromatic rings. The Labute approximate surface area is 221 Å². The number of carbonyl (C=O) groups excluding carboxylic acids is 1. The van der Waals surface area contributed by atoms with Gasteiger partial charge in [0.2, 0.25) is 0 Å². The molecule has 2 N–H and O–H groups in total. The van der Waals surface area contributed by atoms with E-state index in [-0.39, 0.29) is 25.9 Å². The SMILES string of the molecule is CC(C)(C)OC(=O)N(CCC1(C(=O)O)C=CC(c2ccccc2)=C(Cl)C1)C[C@H](O)c1cccc(Cl)c1. The number of allylic oxidation sites excluding steroid dienone is 3. The van der Waals surface area contributed by atoms with E-state index in [4.69, 9.17) is 27.9 Å². The highest BCUT2D eigenvalue weighted by molar-refractivity contribution is 6.33. The summed E-state index contributed by atoms with van der Waals surface area (Å²) in [5, 5.41) is 21.9. The predicted molar refractivity (Wildman–Crippen MR) is 142 cm³/mol. The number of aliphatic hydroxyl groups is 1. The lowest BCUT2D eigenvalue weighted by atomic mass is 9.76. The largest absolute Gasteiger partial charge is 0.481 e. The fourth-order valence-electron chi connectivity index (χ4n) is 4.01. The molecule has 0 heterocycles. The Hall–Kier alpha value is -2.80. The Kier molecular flexibility index (Phi) is 8.88. The molecule has 192 valence electrons. The molecule has 36 heavy (non-hydrogen) atoms. The third-order valence-corrected chi connectivity index (χ3v) is 6.52. The van der Waals surface area contributed by atoms with Crippen molar-refractivity contribution in [1.29, 1.82) is 0 Å². The zero-order valence-electron chi connectivity index (χ0n) is 20.6. The first-order chi connectivity index (χ1) is 16.9. The van der Waals surface area contributed by atoms with Crippen LogP contribution >= 0.6 is 23.2 Å². The number of carbonyl (C=O) groups is 2. The molecule has 2 atom stereocenters. The summed E-state index contributed by atoms with van der Waals surface area (Å²) < 4.78 is 5.54. The minimum Gasteiger partial charge on any atom is -0.481 e. The van der Waals surface area contributed by atoms with Gasteiger partial charge < -0.3 is 19.8 Å². The summed E-state index contributed by atoms with van der Waals surface area (Å²) in [6, 6.07) is 16.2. The molecule has 0 aromatic heterocycles. The second kappa shape index (κ2) is 11.5. The molecule has 8 heteroatoms. The third-order valence-electron chi connectivity index (χ3n) is 5.95. The maximum absolute atomic E-state index is 13.0. The van der Waals surface area contributed by atoms with Crippen molar-refractivity contribution in [3.63, 3.8) is 0 Å². The standard InChI is InChI=1S/C28H31Cl2NO5/c1-27(2,3)36-26(35)31(18-24(32)20-10-7-11-21(29)16-20)15-14-28(25(33)34)13-12-22(23(30)17-28)19-8-5-4-6-9-19/h4-13,16,24,32H,14-15,17-18H2,1-3H3,(H,33,34)/t24-,28?/m0/s1. The van der Waals surface area contributed by atoms with E-state index < -0.39 is 29.2 Å². The van der Waals surface area contributed by atoms with Crippen LogP contribution in [0.15, 0.2) is 71.8 Å². The molecule has 0 bridgehead atoms. The molecular formula is C28H31Cl2NO5. The van der Waals surface area contributed by atoms with Gasteiger partial charge in [-0.25, -0.2) is 4.79 Å². The van der Waals surface area contributed by atoms with Crippen LogP contribution in [-0.4, -0.2) is 45.9 Å². The minimum atomic E-state index is -1.31. The lowest BCUT2D eigenvalue weighted by Gasteiger charge is -2.34. The lowest BCUT2D eigenvalue weighted by Crippen LogP contribution is -2.42. The monoisotopic (exact) mass is 531 g/mol. The maximum Gasteiger partial charge on any atom is 0.410 e. The van der Waals surface area contributed by atoms with Crippen LogP contribution in [0.3, 0.4) is 0 Å². The summed E-state index contributed by atoms with van der Waals surface area (Å²) in [6.07, 6.45) is 1.86. The molecule has 0 saturated carbocycles. The van der Waals surface area contributed by atoms with Crippen molar-refractivity contribution in [3.8, 4) is 0 Å². The van der Waals surface area contributed by atoms with Crippen molar-refractivity contribution < 1.29 is 24.5 Å². The number of amides is 1. The highest BCUT2D eigenvalue weighted by Crippen LogP contribution is 2.42. The van der Waals surface area contributed by atoms with Crippen LogP contribution in [0.2, 0.25) is 5.02 Å². The van der Waals surface area contributed by atoms with Crippen molar-refractivity contribution in [1.82, 2.24) is 4.90 Å². The molecule has 0 saturated heterocycles. The number of aliphatic carboxylic acids is 1. The van der Waals surface area contributed by atoms with Gasteiger partial charge in [0.15, 0.2) is 0 Å². The Balaban J connectivity index is 1.82. The zero-order chi connectivity index (χ0) is 26.5. The van der Waals surface area contributed by atoms with Crippen LogP contribution in [0.1, 0.15) is 50.8 Å². The Bertz CT molecular complexity index is 1160. The number of nitrogens with zero attached hydrogens (tertiary/aromatic N) is 1. The van der Waals surface area contributed by atoms with Gasteiger partial charge in [-0.2, -0.15) is 0 Å². The van der Waals surface area contributed by atoms with E-state index in [9.17, 15) is 19.8 Å². The highest BCUT2D eigenvalue weighted by Gasteiger charge is 2.40. The van der Waals surface area contributed by atoms with Gasteiger partial charge in [-0.05, 0) is 56.0 Å². The highest BCUT2D eigenvalue weighted by atomic mass is 35.5. The zero-order valence-corrected chi connectivity index (χ0v) is 22.1. The minimum absolute atomic E-state index is 0.0357. The van der Waals surface area contributed by atoms with Crippen LogP contribution in [0.5, 0.6) is 0 Å². The number of benzene rings is 2. The summed E-state index contributed by atoms with van der Waals surface area (Å²) in [4.78, 5) is 26.8. The van der Waals surface area contributed by atoms with Gasteiger partial charge in [0.25, 0.3) is 0 Å². The molecule has 0 spiro atoms. The summed E-state index contributed by atoms with van der Waals surface area (Å²) in [7, 11) is 0. The van der Waals surface area contributed by atoms with E-state index >= 15 is 0 Å². The molecule has 2 aromatic carbocycles. The van der Waals surface area contributed by atoms with E-state index in [0.717, 1.165) is 11.1 Å². The van der Waals surface area contributed by atoms with Crippen molar-refractivity contribution in [3.05, 3.63) is 87.9 Å². The first-order valence-corrected chi connectivity index (χ1v) is 12.4. The normalized spacial score (nSPS) is 18.6. The summed E-state index contributed by atoms with van der Waals surface area (Å²) in [6.45, 7) is 5.18. The number of ether oxygens (including phenoxy) is 1. The van der Waals surface area contributed by atoms with Crippen LogP contribution in [-0.2, 0) is 9.53 Å². The van der Waals surface area contributed by atoms with Crippen LogP contribution in [0, 0.1) is 5.41 Å². The van der Waals surface area contributed by atoms with Crippen molar-refractivity contribution in [2.45, 2.75) is 45.3 Å². The van der Waals surface area contributed by atoms with Gasteiger partial charge in [0, 0.05) is 23.0 Å². The molecular weight excluding hydrogens is 501 g/mol. The first kappa shape index (κ1) is 27.8. The fraction of sp³-hybridized carbons (Fsp3) is 0.357. The number of hydrogen-bond donors (Lipinski definition) is 2. The van der Waals surface area contributed by atoms with Crippen LogP contribution < -0.4 is 0 Å². The summed E-state index contributed by atoms with van der Waals surface area (Å²) in [5.41, 5.74) is 0.145. The molecule has 0 aliphatic heterocycles. The molecule has 0 fully saturated rings. The van der Waals surface area contributed by atoms with Crippen LogP contribution in [0.4, 0.5) is 4.79 Å². The van der Waals surface area contributed by atoms with Gasteiger partial charge in [-0.15, -0.1) is 0 Å². The van der Waals surface area contributed by atoms with Gasteiger partial charge >= 0.3 is 12.1 Å². The summed E-state index contributed by atoms with van der Waals surface area (Å²) >= 11 is 12.7. The van der Waals surface area contributed by atoms with E-state index in [1.165, 1.54) is 4.90 Å². The number of carboxylic acids is 1. The lowest BCUT2D eigenvalue weighted by molar-refractivity contribution is -0.146. The molecule has 1 aliphatic carbocycles. The number of hydrogen-bond acceptors (Lipinski definition) is 4. The topological polar surface area (TPSA) is 87.1 Å². The molecule has 0 radical (unpaired) electrons. The van der Waals surface area contributed by atoms with Gasteiger partial charge in [-0.1, -0.05) is 77.8 Å². The number of aliphatic hydroxyl groups excluding tert-OH is 1. The molecule has 1 aliphatic rings. The summed E-state index contributed by atoms with van der Waals surface area (Å²) in [5.74, 6) is -1.04.